The van der Waals surface area contributed by atoms with Gasteiger partial charge in [0, 0.05) is 19.6 Å². The highest BCUT2D eigenvalue weighted by Crippen LogP contribution is 1.97. The Hall–Kier alpha value is -1.30. The predicted molar refractivity (Wildman–Crippen MR) is 53.2 cm³/mol. The van der Waals surface area contributed by atoms with Gasteiger partial charge in [-0.15, -0.1) is 10.2 Å². The Morgan fingerprint density at radius 3 is 2.93 bits per heavy atom. The number of carbonyl (C=O) groups is 1. The van der Waals surface area contributed by atoms with Crippen LogP contribution in [0.3, 0.4) is 0 Å². The molecule has 84 valence electrons. The molecular formula is C9H16N4O2. The van der Waals surface area contributed by atoms with Gasteiger partial charge in [-0.05, 0) is 18.6 Å². The van der Waals surface area contributed by atoms with E-state index in [2.05, 4.69) is 15.4 Å². The van der Waals surface area contributed by atoms with Gasteiger partial charge < -0.3 is 4.74 Å². The normalized spacial score (nSPS) is 10.5. The standard InChI is InChI=1S/C9H16N4O2/c1-3-15-6-4-5-8(14)7-9-10-12-13(2)11-9/h3-7H2,1-2H3. The predicted octanol–water partition coefficient (Wildman–Crippen LogP) is 0.138. The lowest BCUT2D eigenvalue weighted by Crippen LogP contribution is -2.06. The number of nitrogens with zero attached hydrogens (tertiary/aromatic N) is 4. The summed E-state index contributed by atoms with van der Waals surface area (Å²) in [4.78, 5) is 12.8. The Labute approximate surface area is 88.6 Å². The van der Waals surface area contributed by atoms with Crippen LogP contribution in [0.5, 0.6) is 0 Å². The summed E-state index contributed by atoms with van der Waals surface area (Å²) in [5.41, 5.74) is 0. The third-order valence-electron chi connectivity index (χ3n) is 1.85. The first-order valence-corrected chi connectivity index (χ1v) is 5.04. The van der Waals surface area contributed by atoms with Crippen molar-refractivity contribution in [3.05, 3.63) is 5.82 Å². The molecule has 6 heteroatoms. The van der Waals surface area contributed by atoms with Crippen LogP contribution >= 0.6 is 0 Å². The Bertz CT molecular complexity index is 311. The molecule has 0 aromatic carbocycles. The van der Waals surface area contributed by atoms with E-state index in [4.69, 9.17) is 4.74 Å². The maximum Gasteiger partial charge on any atom is 0.182 e. The van der Waals surface area contributed by atoms with E-state index in [1.165, 1.54) is 4.80 Å². The van der Waals surface area contributed by atoms with E-state index in [-0.39, 0.29) is 12.2 Å². The Kier molecular flexibility index (Phi) is 4.89. The van der Waals surface area contributed by atoms with Gasteiger partial charge in [0.25, 0.3) is 0 Å². The summed E-state index contributed by atoms with van der Waals surface area (Å²) in [6.07, 6.45) is 1.53. The van der Waals surface area contributed by atoms with Gasteiger partial charge in [0.05, 0.1) is 13.5 Å². The Morgan fingerprint density at radius 2 is 2.33 bits per heavy atom. The Balaban J connectivity index is 2.18. The van der Waals surface area contributed by atoms with Gasteiger partial charge in [-0.1, -0.05) is 0 Å². The zero-order chi connectivity index (χ0) is 11.1. The first-order valence-electron chi connectivity index (χ1n) is 5.04. The molecule has 0 unspecified atom stereocenters. The molecule has 1 aromatic rings. The fourth-order valence-corrected chi connectivity index (χ4v) is 1.17. The van der Waals surface area contributed by atoms with Crippen molar-refractivity contribution < 1.29 is 9.53 Å². The van der Waals surface area contributed by atoms with E-state index in [1.807, 2.05) is 6.92 Å². The Morgan fingerprint density at radius 1 is 1.53 bits per heavy atom. The molecule has 0 spiro atoms. The molecule has 0 amide bonds. The number of tetrazole rings is 1. The molecule has 0 aliphatic rings. The van der Waals surface area contributed by atoms with Crippen LogP contribution in [0.25, 0.3) is 0 Å². The highest BCUT2D eigenvalue weighted by Gasteiger charge is 2.07. The molecule has 6 nitrogen and oxygen atoms in total. The minimum absolute atomic E-state index is 0.128. The van der Waals surface area contributed by atoms with Crippen LogP contribution in [0.1, 0.15) is 25.6 Å². The van der Waals surface area contributed by atoms with Crippen LogP contribution in [-0.4, -0.2) is 39.2 Å². The van der Waals surface area contributed by atoms with E-state index in [1.54, 1.807) is 7.05 Å². The number of carbonyl (C=O) groups excluding carboxylic acids is 1. The third kappa shape index (κ3) is 4.64. The summed E-state index contributed by atoms with van der Waals surface area (Å²) in [5.74, 6) is 0.613. The first-order chi connectivity index (χ1) is 7.22. The van der Waals surface area contributed by atoms with Crippen molar-refractivity contribution in [1.82, 2.24) is 20.2 Å². The molecule has 0 atom stereocenters. The SMILES string of the molecule is CCOCCCC(=O)Cc1nnn(C)n1. The van der Waals surface area contributed by atoms with E-state index < -0.39 is 0 Å². The molecule has 0 fully saturated rings. The minimum atomic E-state index is 0.128. The van der Waals surface area contributed by atoms with Gasteiger partial charge in [-0.2, -0.15) is 4.80 Å². The number of rotatable bonds is 7. The van der Waals surface area contributed by atoms with Gasteiger partial charge in [-0.25, -0.2) is 0 Å². The number of hydrogen-bond acceptors (Lipinski definition) is 5. The minimum Gasteiger partial charge on any atom is -0.382 e. The highest BCUT2D eigenvalue weighted by molar-refractivity contribution is 5.79. The van der Waals surface area contributed by atoms with Crippen molar-refractivity contribution in [2.75, 3.05) is 13.2 Å². The van der Waals surface area contributed by atoms with Crippen molar-refractivity contribution >= 4 is 5.78 Å². The number of ether oxygens (including phenoxy) is 1. The summed E-state index contributed by atoms with van der Waals surface area (Å²) in [6.45, 7) is 3.27. The van der Waals surface area contributed by atoms with Gasteiger partial charge in [0.15, 0.2) is 5.82 Å². The van der Waals surface area contributed by atoms with Crippen LogP contribution < -0.4 is 0 Å². The van der Waals surface area contributed by atoms with Gasteiger partial charge in [0.1, 0.15) is 5.78 Å². The van der Waals surface area contributed by atoms with Gasteiger partial charge in [0.2, 0.25) is 0 Å². The molecule has 1 heterocycles. The second-order valence-electron chi connectivity index (χ2n) is 3.21. The van der Waals surface area contributed by atoms with E-state index >= 15 is 0 Å². The van der Waals surface area contributed by atoms with Crippen LogP contribution in [0.15, 0.2) is 0 Å². The number of Topliss-reactive ketones (excluding diaryl/α,β-unsaturated/α-hetero) is 1. The number of aromatic nitrogens is 4. The molecule has 0 saturated heterocycles. The van der Waals surface area contributed by atoms with Crippen molar-refractivity contribution in [2.24, 2.45) is 7.05 Å². The quantitative estimate of drug-likeness (QED) is 0.601. The van der Waals surface area contributed by atoms with Crippen molar-refractivity contribution in [2.45, 2.75) is 26.2 Å². The topological polar surface area (TPSA) is 69.9 Å². The molecule has 1 aromatic heterocycles. The van der Waals surface area contributed by atoms with E-state index in [0.717, 1.165) is 6.42 Å². The first kappa shape index (κ1) is 11.8. The second-order valence-corrected chi connectivity index (χ2v) is 3.21. The lowest BCUT2D eigenvalue weighted by atomic mass is 10.2. The smallest absolute Gasteiger partial charge is 0.182 e. The summed E-state index contributed by atoms with van der Waals surface area (Å²) >= 11 is 0. The largest absolute Gasteiger partial charge is 0.382 e. The second kappa shape index (κ2) is 6.23. The van der Waals surface area contributed by atoms with Crippen LogP contribution in [0.2, 0.25) is 0 Å². The molecule has 0 radical (unpaired) electrons. The monoisotopic (exact) mass is 212 g/mol. The molecule has 1 rings (SSSR count). The summed E-state index contributed by atoms with van der Waals surface area (Å²) < 4.78 is 5.14. The summed E-state index contributed by atoms with van der Waals surface area (Å²) in [6, 6.07) is 0. The van der Waals surface area contributed by atoms with Crippen molar-refractivity contribution in [1.29, 1.82) is 0 Å². The fourth-order valence-electron chi connectivity index (χ4n) is 1.17. The third-order valence-corrected chi connectivity index (χ3v) is 1.85. The highest BCUT2D eigenvalue weighted by atomic mass is 16.5. The maximum absolute atomic E-state index is 11.4. The zero-order valence-electron chi connectivity index (χ0n) is 9.14. The lowest BCUT2D eigenvalue weighted by Gasteiger charge is -1.99. The molecule has 0 aliphatic carbocycles. The summed E-state index contributed by atoms with van der Waals surface area (Å²) in [7, 11) is 1.68. The number of aryl methyl sites for hydroxylation is 1. The molecule has 0 N–H and O–H groups in total. The zero-order valence-corrected chi connectivity index (χ0v) is 9.14. The van der Waals surface area contributed by atoms with Crippen LogP contribution in [-0.2, 0) is 23.0 Å². The molecule has 0 saturated carbocycles. The summed E-state index contributed by atoms with van der Waals surface area (Å²) in [5, 5.41) is 11.3. The van der Waals surface area contributed by atoms with Crippen molar-refractivity contribution in [3.63, 3.8) is 0 Å². The molecule has 0 aliphatic heterocycles. The maximum atomic E-state index is 11.4. The van der Waals surface area contributed by atoms with Crippen molar-refractivity contribution in [3.8, 4) is 0 Å². The van der Waals surface area contributed by atoms with E-state index in [9.17, 15) is 4.79 Å². The number of ketones is 1. The lowest BCUT2D eigenvalue weighted by molar-refractivity contribution is -0.118. The molecule has 0 bridgehead atoms. The van der Waals surface area contributed by atoms with Gasteiger partial charge >= 0.3 is 0 Å². The fraction of sp³-hybridized carbons (Fsp3) is 0.778. The van der Waals surface area contributed by atoms with Crippen LogP contribution in [0, 0.1) is 0 Å². The van der Waals surface area contributed by atoms with E-state index in [0.29, 0.717) is 25.5 Å². The average Bonchev–Trinajstić information content (AvgIpc) is 2.59. The number of hydrogen-bond donors (Lipinski definition) is 0. The average molecular weight is 212 g/mol. The van der Waals surface area contributed by atoms with Crippen LogP contribution in [0.4, 0.5) is 0 Å². The molecule has 15 heavy (non-hydrogen) atoms. The van der Waals surface area contributed by atoms with Gasteiger partial charge in [-0.3, -0.25) is 4.79 Å². The molecular weight excluding hydrogens is 196 g/mol.